The topological polar surface area (TPSA) is 165 Å². The number of anilines is 4. The van der Waals surface area contributed by atoms with E-state index < -0.39 is 6.03 Å². The summed E-state index contributed by atoms with van der Waals surface area (Å²) in [5.74, 6) is 1.14. The first-order chi connectivity index (χ1) is 30.5. The molecule has 16 heteroatoms. The number of nitrogens with one attached hydrogen (secondary N) is 3. The second-order valence-electron chi connectivity index (χ2n) is 17.1. The molecule has 0 aliphatic carbocycles. The maximum Gasteiger partial charge on any atom is 0.328 e. The Labute approximate surface area is 368 Å². The third-order valence-corrected chi connectivity index (χ3v) is 12.4. The van der Waals surface area contributed by atoms with Crippen LogP contribution in [0, 0.1) is 12.8 Å². The molecule has 4 fully saturated rings. The average Bonchev–Trinajstić information content (AvgIpc) is 3.27. The van der Waals surface area contributed by atoms with Gasteiger partial charge in [0.25, 0.3) is 5.91 Å². The number of hydrogen-bond acceptors (Lipinski definition) is 11. The van der Waals surface area contributed by atoms with Gasteiger partial charge in [0.2, 0.25) is 11.9 Å². The van der Waals surface area contributed by atoms with Crippen LogP contribution in [0.2, 0.25) is 0 Å². The van der Waals surface area contributed by atoms with E-state index in [0.717, 1.165) is 73.6 Å². The summed E-state index contributed by atoms with van der Waals surface area (Å²) in [6.45, 7) is 14.2. The molecule has 1 aromatic heterocycles. The highest BCUT2D eigenvalue weighted by molar-refractivity contribution is 6.07. The second-order valence-corrected chi connectivity index (χ2v) is 17.1. The maximum atomic E-state index is 13.6. The first kappa shape index (κ1) is 43.4. The molecule has 0 unspecified atom stereocenters. The highest BCUT2D eigenvalue weighted by Gasteiger charge is 2.32. The quantitative estimate of drug-likeness (QED) is 0.152. The van der Waals surface area contributed by atoms with Crippen molar-refractivity contribution >= 4 is 46.9 Å². The Hall–Kier alpha value is -6.26. The summed E-state index contributed by atoms with van der Waals surface area (Å²) in [7, 11) is 1.52. The van der Waals surface area contributed by atoms with Gasteiger partial charge in [-0.05, 0) is 105 Å². The van der Waals surface area contributed by atoms with E-state index in [4.69, 9.17) is 14.5 Å². The molecule has 6 amide bonds. The molecule has 4 saturated heterocycles. The zero-order chi connectivity index (χ0) is 44.0. The summed E-state index contributed by atoms with van der Waals surface area (Å²) >= 11 is 0. The number of ether oxygens (including phenoxy) is 2. The largest absolute Gasteiger partial charge is 0.495 e. The van der Waals surface area contributed by atoms with Crippen molar-refractivity contribution in [1.29, 1.82) is 0 Å². The van der Waals surface area contributed by atoms with Gasteiger partial charge in [0.1, 0.15) is 5.75 Å². The first-order valence-electron chi connectivity index (χ1n) is 22.0. The van der Waals surface area contributed by atoms with Crippen molar-refractivity contribution in [2.24, 2.45) is 5.92 Å². The fraction of sp³-hybridized carbons (Fsp3) is 0.447. The van der Waals surface area contributed by atoms with E-state index >= 15 is 0 Å². The SMILES string of the molecule is COc1ccc(C(=O)N2CCC(CN3CCN(c4ccc(Nc5nccc(-c6ccc(CNC(=O)N7CC(OC(C)C)C7)c(C)c6)n5)cc4)CC3)CC2)cc1N1CCC(=O)NC1=O. The van der Waals surface area contributed by atoms with Gasteiger partial charge in [-0.1, -0.05) is 12.1 Å². The predicted molar refractivity (Wildman–Crippen MR) is 242 cm³/mol. The average molecular weight is 859 g/mol. The van der Waals surface area contributed by atoms with Gasteiger partial charge >= 0.3 is 12.1 Å². The summed E-state index contributed by atoms with van der Waals surface area (Å²) in [6, 6.07) is 21.0. The number of piperazine rings is 1. The zero-order valence-corrected chi connectivity index (χ0v) is 36.6. The van der Waals surface area contributed by atoms with Crippen molar-refractivity contribution in [2.45, 2.75) is 58.8 Å². The molecule has 0 saturated carbocycles. The minimum atomic E-state index is -0.514. The van der Waals surface area contributed by atoms with Crippen molar-refractivity contribution in [2.75, 3.05) is 87.7 Å². The standard InChI is InChI=1S/C47H58N10O6/c1-31(2)63-39-29-56(30-39)46(60)49-27-36-6-5-34(25-32(36)3)40-13-17-48-45(51-40)50-37-8-10-38(11-9-37)54-23-21-53(22-24-54)28-33-14-18-55(19-15-33)44(59)35-7-12-42(62-4)41(26-35)57-20-16-43(58)52-47(57)61/h5-13,17,25-26,31,33,39H,14-16,18-24,27-30H2,1-4H3,(H,49,60)(H,48,50,51)(H,52,58,61). The van der Waals surface area contributed by atoms with E-state index in [1.54, 1.807) is 29.3 Å². The molecule has 0 atom stereocenters. The molecule has 332 valence electrons. The number of methoxy groups -OCH3 is 1. The van der Waals surface area contributed by atoms with E-state index in [9.17, 15) is 19.2 Å². The van der Waals surface area contributed by atoms with E-state index in [1.807, 2.05) is 43.9 Å². The third kappa shape index (κ3) is 10.5. The van der Waals surface area contributed by atoms with E-state index in [0.29, 0.717) is 61.6 Å². The van der Waals surface area contributed by atoms with Crippen LogP contribution < -0.4 is 30.5 Å². The molecule has 4 aromatic rings. The number of rotatable bonds is 13. The number of carbonyl (C=O) groups is 4. The molecule has 3 aromatic carbocycles. The van der Waals surface area contributed by atoms with Crippen molar-refractivity contribution in [3.8, 4) is 17.0 Å². The Morgan fingerprint density at radius 3 is 2.35 bits per heavy atom. The molecule has 4 aliphatic rings. The van der Waals surface area contributed by atoms with Crippen LogP contribution in [0.3, 0.4) is 0 Å². The number of nitrogens with zero attached hydrogens (tertiary/aromatic N) is 7. The summed E-state index contributed by atoms with van der Waals surface area (Å²) in [5.41, 5.74) is 6.99. The lowest BCUT2D eigenvalue weighted by molar-refractivity contribution is -0.120. The first-order valence-corrected chi connectivity index (χ1v) is 22.0. The monoisotopic (exact) mass is 858 g/mol. The Morgan fingerprint density at radius 2 is 1.65 bits per heavy atom. The molecule has 3 N–H and O–H groups in total. The van der Waals surface area contributed by atoms with Crippen LogP contribution in [0.25, 0.3) is 11.3 Å². The number of benzene rings is 3. The van der Waals surface area contributed by atoms with E-state index in [-0.39, 0.29) is 43.0 Å². The molecule has 5 heterocycles. The van der Waals surface area contributed by atoms with Gasteiger partial charge in [-0.3, -0.25) is 24.7 Å². The molecular weight excluding hydrogens is 801 g/mol. The lowest BCUT2D eigenvalue weighted by Crippen LogP contribution is -2.58. The number of likely N-dealkylation sites (tertiary alicyclic amines) is 2. The zero-order valence-electron chi connectivity index (χ0n) is 36.6. The summed E-state index contributed by atoms with van der Waals surface area (Å²) in [4.78, 5) is 69.8. The van der Waals surface area contributed by atoms with Crippen LogP contribution in [0.4, 0.5) is 32.6 Å². The summed E-state index contributed by atoms with van der Waals surface area (Å²) in [6.07, 6.45) is 4.11. The number of aryl methyl sites for hydroxylation is 1. The van der Waals surface area contributed by atoms with Crippen LogP contribution >= 0.6 is 0 Å². The minimum Gasteiger partial charge on any atom is -0.495 e. The van der Waals surface area contributed by atoms with Gasteiger partial charge < -0.3 is 34.8 Å². The number of hydrogen-bond donors (Lipinski definition) is 3. The Kier molecular flexibility index (Phi) is 13.4. The summed E-state index contributed by atoms with van der Waals surface area (Å²) < 4.78 is 11.2. The molecule has 16 nitrogen and oxygen atoms in total. The smallest absolute Gasteiger partial charge is 0.328 e. The highest BCUT2D eigenvalue weighted by atomic mass is 16.5. The van der Waals surface area contributed by atoms with Crippen molar-refractivity contribution in [3.05, 3.63) is 89.6 Å². The molecule has 63 heavy (non-hydrogen) atoms. The summed E-state index contributed by atoms with van der Waals surface area (Å²) in [5, 5.41) is 8.75. The molecule has 0 radical (unpaired) electrons. The van der Waals surface area contributed by atoms with Crippen LogP contribution in [0.15, 0.2) is 72.9 Å². The number of carbonyl (C=O) groups excluding carboxylic acids is 4. The number of amides is 6. The van der Waals surface area contributed by atoms with Gasteiger partial charge in [-0.25, -0.2) is 19.6 Å². The molecule has 8 rings (SSSR count). The van der Waals surface area contributed by atoms with Crippen LogP contribution in [-0.4, -0.2) is 133 Å². The van der Waals surface area contributed by atoms with Gasteiger partial charge in [-0.2, -0.15) is 0 Å². The third-order valence-electron chi connectivity index (χ3n) is 12.4. The number of aromatic nitrogens is 2. The number of imide groups is 1. The fourth-order valence-corrected chi connectivity index (χ4v) is 8.76. The molecule has 4 aliphatic heterocycles. The Balaban J connectivity index is 0.769. The second kappa shape index (κ2) is 19.4. The molecule has 0 bridgehead atoms. The van der Waals surface area contributed by atoms with Gasteiger partial charge in [-0.15, -0.1) is 0 Å². The number of piperidine rings is 1. The van der Waals surface area contributed by atoms with Crippen LogP contribution in [0.1, 0.15) is 54.6 Å². The van der Waals surface area contributed by atoms with Gasteiger partial charge in [0, 0.05) is 94.0 Å². The van der Waals surface area contributed by atoms with Gasteiger partial charge in [0.05, 0.1) is 43.8 Å². The normalized spacial score (nSPS) is 17.7. The van der Waals surface area contributed by atoms with E-state index in [1.165, 1.54) is 17.7 Å². The number of urea groups is 2. The lowest BCUT2D eigenvalue weighted by atomic mass is 9.95. The highest BCUT2D eigenvalue weighted by Crippen LogP contribution is 2.32. The molecule has 0 spiro atoms. The van der Waals surface area contributed by atoms with E-state index in [2.05, 4.69) is 61.1 Å². The lowest BCUT2D eigenvalue weighted by Gasteiger charge is -2.39. The predicted octanol–water partition coefficient (Wildman–Crippen LogP) is 5.64. The fourth-order valence-electron chi connectivity index (χ4n) is 8.76. The minimum absolute atomic E-state index is 0.0623. The Morgan fingerprint density at radius 1 is 0.889 bits per heavy atom. The van der Waals surface area contributed by atoms with Crippen molar-refractivity contribution in [3.63, 3.8) is 0 Å². The van der Waals surface area contributed by atoms with Crippen LogP contribution in [0.5, 0.6) is 5.75 Å². The van der Waals surface area contributed by atoms with Crippen molar-refractivity contribution in [1.82, 2.24) is 35.3 Å². The van der Waals surface area contributed by atoms with Crippen LogP contribution in [-0.2, 0) is 16.1 Å². The van der Waals surface area contributed by atoms with Gasteiger partial charge in [0.15, 0.2) is 0 Å². The van der Waals surface area contributed by atoms with Crippen molar-refractivity contribution < 1.29 is 28.7 Å². The maximum absolute atomic E-state index is 13.6. The molecular formula is C47H58N10O6. The Bertz CT molecular complexity index is 2280.